The fourth-order valence-corrected chi connectivity index (χ4v) is 3.78. The van der Waals surface area contributed by atoms with Crippen LogP contribution in [0.2, 0.25) is 0 Å². The zero-order valence-corrected chi connectivity index (χ0v) is 16.9. The summed E-state index contributed by atoms with van der Waals surface area (Å²) in [7, 11) is 1.60. The molecule has 0 N–H and O–H groups in total. The van der Waals surface area contributed by atoms with Gasteiger partial charge in [0.15, 0.2) is 5.78 Å². The highest BCUT2D eigenvalue weighted by Gasteiger charge is 2.23. The zero-order chi connectivity index (χ0) is 20.1. The lowest BCUT2D eigenvalue weighted by molar-refractivity contribution is 0.100. The van der Waals surface area contributed by atoms with Crippen LogP contribution < -0.4 is 14.2 Å². The van der Waals surface area contributed by atoms with Crippen LogP contribution in [0.15, 0.2) is 48.0 Å². The van der Waals surface area contributed by atoms with E-state index in [1.807, 2.05) is 30.3 Å². The number of carbonyl (C=O) groups excluding carboxylic acids is 1. The van der Waals surface area contributed by atoms with E-state index in [9.17, 15) is 4.79 Å². The molecule has 2 aromatic rings. The number of rotatable bonds is 7. The molecule has 0 unspecified atom stereocenters. The van der Waals surface area contributed by atoms with Crippen molar-refractivity contribution in [3.05, 3.63) is 59.2 Å². The van der Waals surface area contributed by atoms with E-state index in [4.69, 9.17) is 14.2 Å². The summed E-state index contributed by atoms with van der Waals surface area (Å²) in [5.74, 6) is 2.11. The van der Waals surface area contributed by atoms with Gasteiger partial charge in [-0.05, 0) is 68.3 Å². The van der Waals surface area contributed by atoms with Gasteiger partial charge in [-0.25, -0.2) is 0 Å². The molecule has 1 fully saturated rings. The largest absolute Gasteiger partial charge is 0.497 e. The molecule has 0 saturated carbocycles. The van der Waals surface area contributed by atoms with E-state index in [2.05, 4.69) is 4.90 Å². The first-order chi connectivity index (χ1) is 14.2. The Balaban J connectivity index is 1.34. The summed E-state index contributed by atoms with van der Waals surface area (Å²) in [6, 6.07) is 13.1. The van der Waals surface area contributed by atoms with Crippen LogP contribution in [0, 0.1) is 0 Å². The maximum atomic E-state index is 12.8. The molecule has 0 atom stereocenters. The van der Waals surface area contributed by atoms with Crippen LogP contribution in [0.3, 0.4) is 0 Å². The molecule has 152 valence electrons. The summed E-state index contributed by atoms with van der Waals surface area (Å²) in [6.07, 6.45) is 5.57. The fraction of sp³-hybridized carbons (Fsp3) is 0.375. The summed E-state index contributed by atoms with van der Waals surface area (Å²) in [6.45, 7) is 4.55. The molecule has 4 rings (SSSR count). The predicted molar refractivity (Wildman–Crippen MR) is 113 cm³/mol. The Morgan fingerprint density at radius 2 is 1.83 bits per heavy atom. The highest BCUT2D eigenvalue weighted by molar-refractivity contribution is 6.14. The quantitative estimate of drug-likeness (QED) is 0.521. The van der Waals surface area contributed by atoms with E-state index < -0.39 is 0 Å². The van der Waals surface area contributed by atoms with Gasteiger partial charge in [-0.1, -0.05) is 12.1 Å². The summed E-state index contributed by atoms with van der Waals surface area (Å²) in [5.41, 5.74) is 2.17. The number of nitrogens with zero attached hydrogens (tertiary/aromatic N) is 1. The molecule has 0 aliphatic carbocycles. The van der Waals surface area contributed by atoms with Crippen molar-refractivity contribution in [3.63, 3.8) is 0 Å². The molecule has 2 heterocycles. The standard InChI is InChI=1S/C24H27NO4/c1-27-21-9-10-22-23(16-21)29-17-19(24(22)26)15-18-5-7-20(8-6-18)28-14-4-13-25-11-2-3-12-25/h5-10,15-16H,2-4,11-14,17H2,1H3. The maximum absolute atomic E-state index is 12.8. The van der Waals surface area contributed by atoms with Gasteiger partial charge in [0.2, 0.25) is 0 Å². The number of likely N-dealkylation sites (tertiary alicyclic amines) is 1. The van der Waals surface area contributed by atoms with Crippen LogP contribution in [0.4, 0.5) is 0 Å². The molecular weight excluding hydrogens is 366 g/mol. The molecule has 5 heteroatoms. The summed E-state index contributed by atoms with van der Waals surface area (Å²) in [4.78, 5) is 15.2. The van der Waals surface area contributed by atoms with Gasteiger partial charge in [0.05, 0.1) is 19.3 Å². The Morgan fingerprint density at radius 3 is 2.59 bits per heavy atom. The molecular formula is C24H27NO4. The third-order valence-electron chi connectivity index (χ3n) is 5.42. The first-order valence-corrected chi connectivity index (χ1v) is 10.2. The average molecular weight is 393 g/mol. The van der Waals surface area contributed by atoms with Gasteiger partial charge < -0.3 is 19.1 Å². The molecule has 0 spiro atoms. The molecule has 0 radical (unpaired) electrons. The van der Waals surface area contributed by atoms with Crippen molar-refractivity contribution in [3.8, 4) is 17.2 Å². The third kappa shape index (κ3) is 4.80. The average Bonchev–Trinajstić information content (AvgIpc) is 3.27. The number of Topliss-reactive ketones (excluding diaryl/α,β-unsaturated/α-hetero) is 1. The minimum Gasteiger partial charge on any atom is -0.497 e. The van der Waals surface area contributed by atoms with Crippen LogP contribution in [0.25, 0.3) is 6.08 Å². The van der Waals surface area contributed by atoms with Crippen molar-refractivity contribution in [1.82, 2.24) is 4.90 Å². The molecule has 1 saturated heterocycles. The second kappa shape index (κ2) is 9.14. The van der Waals surface area contributed by atoms with Gasteiger partial charge in [0.25, 0.3) is 0 Å². The Hall–Kier alpha value is -2.79. The topological polar surface area (TPSA) is 48.0 Å². The smallest absolute Gasteiger partial charge is 0.196 e. The summed E-state index contributed by atoms with van der Waals surface area (Å²) >= 11 is 0. The summed E-state index contributed by atoms with van der Waals surface area (Å²) in [5, 5.41) is 0. The van der Waals surface area contributed by atoms with Gasteiger partial charge in [-0.3, -0.25) is 4.79 Å². The van der Waals surface area contributed by atoms with Gasteiger partial charge >= 0.3 is 0 Å². The Bertz CT molecular complexity index is 882. The molecule has 29 heavy (non-hydrogen) atoms. The third-order valence-corrected chi connectivity index (χ3v) is 5.42. The molecule has 0 amide bonds. The van der Waals surface area contributed by atoms with Gasteiger partial charge in [-0.2, -0.15) is 0 Å². The predicted octanol–water partition coefficient (Wildman–Crippen LogP) is 4.22. The lowest BCUT2D eigenvalue weighted by atomic mass is 9.98. The van der Waals surface area contributed by atoms with Crippen LogP contribution in [-0.2, 0) is 0 Å². The van der Waals surface area contributed by atoms with E-state index in [0.717, 1.165) is 30.9 Å². The second-order valence-electron chi connectivity index (χ2n) is 7.47. The number of fused-ring (bicyclic) bond motifs is 1. The molecule has 0 bridgehead atoms. The van der Waals surface area contributed by atoms with Crippen molar-refractivity contribution in [1.29, 1.82) is 0 Å². The number of hydrogen-bond acceptors (Lipinski definition) is 5. The van der Waals surface area contributed by atoms with Crippen molar-refractivity contribution < 1.29 is 19.0 Å². The van der Waals surface area contributed by atoms with Crippen molar-refractivity contribution in [2.75, 3.05) is 40.0 Å². The number of ether oxygens (including phenoxy) is 3. The lowest BCUT2D eigenvalue weighted by Gasteiger charge is -2.19. The zero-order valence-electron chi connectivity index (χ0n) is 16.9. The van der Waals surface area contributed by atoms with Crippen molar-refractivity contribution in [2.24, 2.45) is 0 Å². The Kier molecular flexibility index (Phi) is 6.15. The maximum Gasteiger partial charge on any atom is 0.196 e. The number of methoxy groups -OCH3 is 1. The van der Waals surface area contributed by atoms with Crippen LogP contribution in [0.5, 0.6) is 17.2 Å². The first kappa shape index (κ1) is 19.5. The number of carbonyl (C=O) groups is 1. The van der Waals surface area contributed by atoms with Crippen LogP contribution in [0.1, 0.15) is 35.2 Å². The SMILES string of the molecule is COc1ccc2c(c1)OCC(=Cc1ccc(OCCCN3CCCC3)cc1)C2=O. The second-order valence-corrected chi connectivity index (χ2v) is 7.47. The molecule has 2 aliphatic heterocycles. The monoisotopic (exact) mass is 393 g/mol. The molecule has 5 nitrogen and oxygen atoms in total. The number of ketones is 1. The Morgan fingerprint density at radius 1 is 1.07 bits per heavy atom. The van der Waals surface area contributed by atoms with Gasteiger partial charge in [-0.15, -0.1) is 0 Å². The van der Waals surface area contributed by atoms with E-state index in [-0.39, 0.29) is 12.4 Å². The van der Waals surface area contributed by atoms with Crippen LogP contribution in [-0.4, -0.2) is 50.6 Å². The molecule has 2 aliphatic rings. The van der Waals surface area contributed by atoms with E-state index >= 15 is 0 Å². The molecule has 0 aromatic heterocycles. The first-order valence-electron chi connectivity index (χ1n) is 10.2. The van der Waals surface area contributed by atoms with Gasteiger partial charge in [0.1, 0.15) is 23.9 Å². The fourth-order valence-electron chi connectivity index (χ4n) is 3.78. The number of hydrogen-bond donors (Lipinski definition) is 0. The highest BCUT2D eigenvalue weighted by Crippen LogP contribution is 2.31. The number of benzene rings is 2. The van der Waals surface area contributed by atoms with Crippen molar-refractivity contribution >= 4 is 11.9 Å². The van der Waals surface area contributed by atoms with E-state index in [1.165, 1.54) is 25.9 Å². The normalized spacial score (nSPS) is 17.8. The minimum atomic E-state index is -0.00357. The molecule has 2 aromatic carbocycles. The van der Waals surface area contributed by atoms with Crippen LogP contribution >= 0.6 is 0 Å². The lowest BCUT2D eigenvalue weighted by Crippen LogP contribution is -2.21. The summed E-state index contributed by atoms with van der Waals surface area (Å²) < 4.78 is 16.8. The Labute approximate surface area is 171 Å². The minimum absolute atomic E-state index is 0.00357. The van der Waals surface area contributed by atoms with E-state index in [1.54, 1.807) is 25.3 Å². The van der Waals surface area contributed by atoms with Crippen molar-refractivity contribution in [2.45, 2.75) is 19.3 Å². The highest BCUT2D eigenvalue weighted by atomic mass is 16.5. The van der Waals surface area contributed by atoms with E-state index in [0.29, 0.717) is 22.6 Å². The van der Waals surface area contributed by atoms with Gasteiger partial charge in [0, 0.05) is 18.2 Å².